The number of H-pyrrole nitrogens is 1. The number of aromatic hydroxyl groups is 1. The maximum absolute atomic E-state index is 11.6. The Kier molecular flexibility index (Phi) is 4.20. The third kappa shape index (κ3) is 2.76. The monoisotopic (exact) mass is 347 g/mol. The van der Waals surface area contributed by atoms with E-state index in [2.05, 4.69) is 30.3 Å². The summed E-state index contributed by atoms with van der Waals surface area (Å²) in [5.74, 6) is -0.346. The molecule has 0 aliphatic rings. The van der Waals surface area contributed by atoms with Crippen LogP contribution in [0.3, 0.4) is 0 Å². The fourth-order valence-electron chi connectivity index (χ4n) is 2.11. The third-order valence-electron chi connectivity index (χ3n) is 3.38. The van der Waals surface area contributed by atoms with E-state index >= 15 is 0 Å². The Bertz CT molecular complexity index is 1150. The molecule has 3 rings (SSSR count). The van der Waals surface area contributed by atoms with Gasteiger partial charge in [-0.3, -0.25) is 9.78 Å². The van der Waals surface area contributed by atoms with Gasteiger partial charge in [0.05, 0.1) is 6.20 Å². The van der Waals surface area contributed by atoms with Crippen molar-refractivity contribution in [1.29, 1.82) is 10.5 Å². The SMILES string of the molecule is Cc1c(/N=N/c2c(C#N)cnn2-c2ncccn2)c(O)[nH]c(=O)c1C#N. The van der Waals surface area contributed by atoms with Crippen molar-refractivity contribution in [2.75, 3.05) is 0 Å². The Hall–Kier alpha value is -4.38. The molecule has 0 aliphatic carbocycles. The molecule has 0 saturated heterocycles. The number of aromatic amines is 1. The molecular weight excluding hydrogens is 338 g/mol. The normalized spacial score (nSPS) is 10.6. The average Bonchev–Trinajstić information content (AvgIpc) is 3.05. The summed E-state index contributed by atoms with van der Waals surface area (Å²) in [6.07, 6.45) is 4.26. The van der Waals surface area contributed by atoms with Crippen molar-refractivity contribution < 1.29 is 5.11 Å². The molecule has 0 unspecified atom stereocenters. The van der Waals surface area contributed by atoms with Crippen molar-refractivity contribution in [2.45, 2.75) is 6.92 Å². The largest absolute Gasteiger partial charge is 0.493 e. The van der Waals surface area contributed by atoms with Crippen LogP contribution >= 0.6 is 0 Å². The molecular formula is C15H9N9O2. The summed E-state index contributed by atoms with van der Waals surface area (Å²) in [5.41, 5.74) is -0.785. The van der Waals surface area contributed by atoms with Gasteiger partial charge in [-0.2, -0.15) is 20.3 Å². The first kappa shape index (κ1) is 16.5. The number of rotatable bonds is 3. The summed E-state index contributed by atoms with van der Waals surface area (Å²) in [5, 5.41) is 40.0. The molecule has 0 saturated carbocycles. The molecule has 0 aliphatic heterocycles. The maximum atomic E-state index is 11.6. The molecule has 0 spiro atoms. The first-order valence-corrected chi connectivity index (χ1v) is 7.10. The Labute approximate surface area is 145 Å². The van der Waals surface area contributed by atoms with Gasteiger partial charge >= 0.3 is 0 Å². The van der Waals surface area contributed by atoms with E-state index in [0.717, 1.165) is 0 Å². The van der Waals surface area contributed by atoms with Crippen LogP contribution in [0.15, 0.2) is 39.7 Å². The van der Waals surface area contributed by atoms with Crippen LogP contribution in [0.25, 0.3) is 5.95 Å². The van der Waals surface area contributed by atoms with E-state index in [9.17, 15) is 15.2 Å². The minimum atomic E-state index is -0.734. The number of hydrogen-bond donors (Lipinski definition) is 2. The van der Waals surface area contributed by atoms with E-state index in [-0.39, 0.29) is 34.1 Å². The summed E-state index contributed by atoms with van der Waals surface area (Å²) in [4.78, 5) is 21.8. The summed E-state index contributed by atoms with van der Waals surface area (Å²) < 4.78 is 1.20. The number of hydrogen-bond acceptors (Lipinski definition) is 9. The smallest absolute Gasteiger partial charge is 0.269 e. The highest BCUT2D eigenvalue weighted by Gasteiger charge is 2.16. The van der Waals surface area contributed by atoms with E-state index in [1.807, 2.05) is 6.07 Å². The van der Waals surface area contributed by atoms with Crippen molar-refractivity contribution in [3.63, 3.8) is 0 Å². The minimum Gasteiger partial charge on any atom is -0.493 e. The highest BCUT2D eigenvalue weighted by Crippen LogP contribution is 2.31. The second kappa shape index (κ2) is 6.62. The van der Waals surface area contributed by atoms with Gasteiger partial charge in [-0.15, -0.1) is 10.2 Å². The van der Waals surface area contributed by atoms with Gasteiger partial charge in [0.1, 0.15) is 23.3 Å². The number of nitrogens with one attached hydrogen (secondary N) is 1. The van der Waals surface area contributed by atoms with Gasteiger partial charge in [0, 0.05) is 18.0 Å². The van der Waals surface area contributed by atoms with Crippen LogP contribution in [0.1, 0.15) is 16.7 Å². The predicted octanol–water partition coefficient (Wildman–Crippen LogP) is 1.52. The van der Waals surface area contributed by atoms with E-state index in [1.165, 1.54) is 30.2 Å². The first-order chi connectivity index (χ1) is 12.6. The van der Waals surface area contributed by atoms with Crippen molar-refractivity contribution in [3.8, 4) is 24.0 Å². The van der Waals surface area contributed by atoms with Crippen LogP contribution in [0.5, 0.6) is 5.88 Å². The van der Waals surface area contributed by atoms with Gasteiger partial charge < -0.3 is 5.11 Å². The molecule has 0 radical (unpaired) electrons. The van der Waals surface area contributed by atoms with Crippen LogP contribution in [0.2, 0.25) is 0 Å². The molecule has 11 heteroatoms. The zero-order valence-corrected chi connectivity index (χ0v) is 13.2. The molecule has 0 atom stereocenters. The molecule has 2 N–H and O–H groups in total. The average molecular weight is 347 g/mol. The van der Waals surface area contributed by atoms with Crippen LogP contribution < -0.4 is 5.56 Å². The summed E-state index contributed by atoms with van der Waals surface area (Å²) in [6.45, 7) is 1.45. The summed E-state index contributed by atoms with van der Waals surface area (Å²) in [7, 11) is 0. The number of nitrogens with zero attached hydrogens (tertiary/aromatic N) is 8. The Morgan fingerprint density at radius 1 is 1.23 bits per heavy atom. The topological polar surface area (TPSA) is 169 Å². The van der Waals surface area contributed by atoms with E-state index in [0.29, 0.717) is 0 Å². The lowest BCUT2D eigenvalue weighted by Crippen LogP contribution is -2.11. The van der Waals surface area contributed by atoms with E-state index in [1.54, 1.807) is 12.1 Å². The van der Waals surface area contributed by atoms with Gasteiger partial charge in [-0.05, 0) is 13.0 Å². The Balaban J connectivity index is 2.14. The molecule has 3 aromatic heterocycles. The lowest BCUT2D eigenvalue weighted by molar-refractivity contribution is 0.452. The Morgan fingerprint density at radius 3 is 2.62 bits per heavy atom. The highest BCUT2D eigenvalue weighted by atomic mass is 16.3. The highest BCUT2D eigenvalue weighted by molar-refractivity contribution is 5.59. The van der Waals surface area contributed by atoms with Crippen LogP contribution in [0.4, 0.5) is 11.5 Å². The first-order valence-electron chi connectivity index (χ1n) is 7.10. The molecule has 126 valence electrons. The van der Waals surface area contributed by atoms with Crippen molar-refractivity contribution in [3.05, 3.63) is 51.7 Å². The van der Waals surface area contributed by atoms with Crippen LogP contribution in [-0.4, -0.2) is 29.8 Å². The lowest BCUT2D eigenvalue weighted by atomic mass is 10.1. The zero-order chi connectivity index (χ0) is 18.7. The number of pyridine rings is 1. The van der Waals surface area contributed by atoms with Gasteiger partial charge in [0.25, 0.3) is 11.5 Å². The third-order valence-corrected chi connectivity index (χ3v) is 3.38. The molecule has 0 amide bonds. The fraction of sp³-hybridized carbons (Fsp3) is 0.0667. The van der Waals surface area contributed by atoms with Crippen LogP contribution in [-0.2, 0) is 0 Å². The predicted molar refractivity (Wildman–Crippen MR) is 86.2 cm³/mol. The maximum Gasteiger partial charge on any atom is 0.269 e. The minimum absolute atomic E-state index is 0.0298. The van der Waals surface area contributed by atoms with E-state index < -0.39 is 11.4 Å². The number of aromatic nitrogens is 5. The van der Waals surface area contributed by atoms with Gasteiger partial charge in [-0.1, -0.05) is 0 Å². The van der Waals surface area contributed by atoms with Crippen LogP contribution in [0, 0.1) is 29.6 Å². The molecule has 3 heterocycles. The standard InChI is InChI=1S/C15H9N9O2/c1-8-10(6-17)13(25)21-14(26)11(8)22-23-12-9(5-16)7-20-24(12)15-18-3-2-4-19-15/h2-4,7H,1H3,(H2,21,25,26)/b23-22+. The molecule has 0 bridgehead atoms. The molecule has 0 fully saturated rings. The van der Waals surface area contributed by atoms with Gasteiger partial charge in [0.2, 0.25) is 5.88 Å². The van der Waals surface area contributed by atoms with Crippen molar-refractivity contribution in [2.24, 2.45) is 10.2 Å². The number of nitriles is 2. The quantitative estimate of drug-likeness (QED) is 0.676. The molecule has 26 heavy (non-hydrogen) atoms. The Morgan fingerprint density at radius 2 is 1.96 bits per heavy atom. The molecule has 11 nitrogen and oxygen atoms in total. The second-order valence-electron chi connectivity index (χ2n) is 4.92. The van der Waals surface area contributed by atoms with Gasteiger partial charge in [0.15, 0.2) is 11.5 Å². The molecule has 3 aromatic rings. The zero-order valence-electron chi connectivity index (χ0n) is 13.2. The lowest BCUT2D eigenvalue weighted by Gasteiger charge is -2.04. The second-order valence-corrected chi connectivity index (χ2v) is 4.92. The van der Waals surface area contributed by atoms with E-state index in [4.69, 9.17) is 5.26 Å². The number of azo groups is 1. The molecule has 0 aromatic carbocycles. The summed E-state index contributed by atoms with van der Waals surface area (Å²) >= 11 is 0. The fourth-order valence-corrected chi connectivity index (χ4v) is 2.11. The summed E-state index contributed by atoms with van der Waals surface area (Å²) in [6, 6.07) is 5.27. The van der Waals surface area contributed by atoms with Crippen molar-refractivity contribution in [1.82, 2.24) is 24.7 Å². The van der Waals surface area contributed by atoms with Crippen molar-refractivity contribution >= 4 is 11.5 Å². The van der Waals surface area contributed by atoms with Gasteiger partial charge in [-0.25, -0.2) is 9.97 Å².